The number of aliphatic hydroxyl groups is 2. The number of allylic oxidation sites excluding steroid dienone is 3. The van der Waals surface area contributed by atoms with Gasteiger partial charge < -0.3 is 15.3 Å². The van der Waals surface area contributed by atoms with Crippen molar-refractivity contribution < 1.29 is 29.7 Å². The predicted molar refractivity (Wildman–Crippen MR) is 133 cm³/mol. The van der Waals surface area contributed by atoms with E-state index in [4.69, 9.17) is 5.11 Å². The molecule has 0 spiro atoms. The third-order valence-electron chi connectivity index (χ3n) is 11.0. The number of carboxylic acid groups (broad SMARTS) is 1. The molecule has 7 atom stereocenters. The molecule has 6 heteroatoms. The minimum Gasteiger partial charge on any atom is -0.504 e. The van der Waals surface area contributed by atoms with Crippen molar-refractivity contribution in [2.75, 3.05) is 0 Å². The monoisotopic (exact) mass is 486 g/mol. The Labute approximate surface area is 208 Å². The quantitative estimate of drug-likeness (QED) is 0.347. The van der Waals surface area contributed by atoms with E-state index in [2.05, 4.69) is 13.8 Å². The molecule has 0 saturated heterocycles. The lowest BCUT2D eigenvalue weighted by atomic mass is 9.44. The number of unbranched alkanes of at least 4 members (excludes halogenated alkanes) is 3. The highest BCUT2D eigenvalue weighted by atomic mass is 16.4. The fourth-order valence-electron chi connectivity index (χ4n) is 9.30. The number of aliphatic carboxylic acids is 1. The average Bonchev–Trinajstić information content (AvgIpc) is 3.03. The third kappa shape index (κ3) is 3.69. The van der Waals surface area contributed by atoms with Crippen LogP contribution in [0.15, 0.2) is 23.2 Å². The molecular formula is C29H42O6. The number of carbonyl (C=O) groups excluding carboxylic acids is 2. The predicted octanol–water partition coefficient (Wildman–Crippen LogP) is 6.31. The first-order valence-corrected chi connectivity index (χ1v) is 13.5. The average molecular weight is 487 g/mol. The van der Waals surface area contributed by atoms with Gasteiger partial charge in [-0.15, -0.1) is 0 Å². The van der Waals surface area contributed by atoms with Gasteiger partial charge in [0, 0.05) is 11.8 Å². The van der Waals surface area contributed by atoms with Gasteiger partial charge in [0.1, 0.15) is 5.78 Å². The van der Waals surface area contributed by atoms with Gasteiger partial charge in [-0.3, -0.25) is 14.4 Å². The van der Waals surface area contributed by atoms with Crippen molar-refractivity contribution in [3.63, 3.8) is 0 Å². The first-order valence-electron chi connectivity index (χ1n) is 13.5. The fraction of sp³-hybridized carbons (Fsp3) is 0.759. The maximum absolute atomic E-state index is 13.4. The van der Waals surface area contributed by atoms with E-state index in [1.807, 2.05) is 6.92 Å². The van der Waals surface area contributed by atoms with Gasteiger partial charge in [-0.05, 0) is 94.0 Å². The molecule has 0 radical (unpaired) electrons. The molecule has 3 fully saturated rings. The molecule has 0 heterocycles. The van der Waals surface area contributed by atoms with Crippen LogP contribution >= 0.6 is 0 Å². The van der Waals surface area contributed by atoms with Crippen molar-refractivity contribution in [3.05, 3.63) is 23.2 Å². The maximum Gasteiger partial charge on any atom is 0.303 e. The van der Waals surface area contributed by atoms with Crippen molar-refractivity contribution in [3.8, 4) is 0 Å². The van der Waals surface area contributed by atoms with Crippen molar-refractivity contribution in [1.29, 1.82) is 0 Å². The van der Waals surface area contributed by atoms with Crippen LogP contribution in [0.4, 0.5) is 0 Å². The lowest BCUT2D eigenvalue weighted by molar-refractivity contribution is -0.149. The molecule has 0 aliphatic heterocycles. The Morgan fingerprint density at radius 3 is 2.40 bits per heavy atom. The highest BCUT2D eigenvalue weighted by molar-refractivity contribution is 6.02. The molecule has 35 heavy (non-hydrogen) atoms. The van der Waals surface area contributed by atoms with E-state index in [9.17, 15) is 24.6 Å². The van der Waals surface area contributed by atoms with E-state index >= 15 is 0 Å². The van der Waals surface area contributed by atoms with E-state index in [1.165, 1.54) is 0 Å². The standard InChI is InChI=1S/C29H42O6/c1-17-15-22-20-11-10-19-16-23(31)25(34)26(35)28(19,4)21(20)12-14-27(22,3)29(17,18(2)30)13-8-6-5-7-9-24(32)33/h16-17,20-22,31,34H,5-15H2,1-4H3,(H,32,33)/t17-,20+,21-,22-,27-,28-,29+/m0/s1. The first-order chi connectivity index (χ1) is 16.4. The summed E-state index contributed by atoms with van der Waals surface area (Å²) in [5.74, 6) is -0.618. The Kier molecular flexibility index (Phi) is 6.74. The summed E-state index contributed by atoms with van der Waals surface area (Å²) in [7, 11) is 0. The minimum atomic E-state index is -0.782. The van der Waals surface area contributed by atoms with E-state index in [1.54, 1.807) is 13.0 Å². The largest absolute Gasteiger partial charge is 0.504 e. The molecular weight excluding hydrogens is 444 g/mol. The van der Waals surface area contributed by atoms with Crippen LogP contribution in [0.5, 0.6) is 0 Å². The minimum absolute atomic E-state index is 0.106. The van der Waals surface area contributed by atoms with Crippen LogP contribution in [0.2, 0.25) is 0 Å². The lowest BCUT2D eigenvalue weighted by Crippen LogP contribution is -2.56. The Bertz CT molecular complexity index is 978. The molecule has 4 rings (SSSR count). The summed E-state index contributed by atoms with van der Waals surface area (Å²) < 4.78 is 0. The summed E-state index contributed by atoms with van der Waals surface area (Å²) in [6.07, 6.45) is 10.5. The summed E-state index contributed by atoms with van der Waals surface area (Å²) in [6.45, 7) is 8.28. The van der Waals surface area contributed by atoms with Gasteiger partial charge in [-0.25, -0.2) is 0 Å². The Morgan fingerprint density at radius 2 is 1.74 bits per heavy atom. The Hall–Kier alpha value is -2.11. The second-order valence-electron chi connectivity index (χ2n) is 12.3. The van der Waals surface area contributed by atoms with Gasteiger partial charge in [0.2, 0.25) is 11.5 Å². The zero-order chi connectivity index (χ0) is 25.8. The second kappa shape index (κ2) is 9.08. The van der Waals surface area contributed by atoms with Gasteiger partial charge in [-0.1, -0.05) is 38.7 Å². The normalized spacial score (nSPS) is 40.6. The number of ketones is 2. The molecule has 194 valence electrons. The van der Waals surface area contributed by atoms with Gasteiger partial charge >= 0.3 is 5.97 Å². The van der Waals surface area contributed by atoms with Crippen LogP contribution in [0, 0.1) is 39.9 Å². The highest BCUT2D eigenvalue weighted by Crippen LogP contribution is 2.72. The zero-order valence-corrected chi connectivity index (χ0v) is 21.7. The summed E-state index contributed by atoms with van der Waals surface area (Å²) in [5, 5.41) is 29.3. The third-order valence-corrected chi connectivity index (χ3v) is 11.0. The van der Waals surface area contributed by atoms with Crippen LogP contribution in [0.3, 0.4) is 0 Å². The van der Waals surface area contributed by atoms with E-state index < -0.39 is 17.1 Å². The molecule has 0 amide bonds. The summed E-state index contributed by atoms with van der Waals surface area (Å²) in [5.41, 5.74) is -0.359. The molecule has 0 bridgehead atoms. The topological polar surface area (TPSA) is 112 Å². The number of Topliss-reactive ketones (excluding diaryl/α,β-unsaturated/α-hetero) is 2. The molecule has 6 nitrogen and oxygen atoms in total. The van der Waals surface area contributed by atoms with E-state index in [0.29, 0.717) is 18.3 Å². The molecule has 0 aromatic heterocycles. The molecule has 4 aliphatic rings. The van der Waals surface area contributed by atoms with Crippen LogP contribution in [0.1, 0.15) is 98.3 Å². The maximum atomic E-state index is 13.4. The number of hydrogen-bond donors (Lipinski definition) is 3. The van der Waals surface area contributed by atoms with Crippen molar-refractivity contribution >= 4 is 17.5 Å². The summed E-state index contributed by atoms with van der Waals surface area (Å²) in [6, 6.07) is 0. The number of fused-ring (bicyclic) bond motifs is 5. The zero-order valence-electron chi connectivity index (χ0n) is 21.7. The number of hydrogen-bond acceptors (Lipinski definition) is 5. The van der Waals surface area contributed by atoms with Crippen molar-refractivity contribution in [1.82, 2.24) is 0 Å². The van der Waals surface area contributed by atoms with Crippen molar-refractivity contribution in [2.45, 2.75) is 98.3 Å². The van der Waals surface area contributed by atoms with E-state index in [-0.39, 0.29) is 46.4 Å². The van der Waals surface area contributed by atoms with Crippen LogP contribution in [-0.4, -0.2) is 32.9 Å². The number of aliphatic hydroxyl groups excluding tert-OH is 2. The summed E-state index contributed by atoms with van der Waals surface area (Å²) >= 11 is 0. The number of rotatable bonds is 8. The molecule has 0 aromatic carbocycles. The molecule has 3 saturated carbocycles. The fourth-order valence-corrected chi connectivity index (χ4v) is 9.30. The lowest BCUT2D eigenvalue weighted by Gasteiger charge is -2.59. The van der Waals surface area contributed by atoms with Crippen molar-refractivity contribution in [2.24, 2.45) is 39.9 Å². The molecule has 3 N–H and O–H groups in total. The molecule has 0 unspecified atom stereocenters. The number of carbonyl (C=O) groups is 3. The van der Waals surface area contributed by atoms with Crippen LogP contribution in [0.25, 0.3) is 0 Å². The van der Waals surface area contributed by atoms with Crippen LogP contribution < -0.4 is 0 Å². The highest BCUT2D eigenvalue weighted by Gasteiger charge is 2.68. The van der Waals surface area contributed by atoms with E-state index in [0.717, 1.165) is 63.4 Å². The van der Waals surface area contributed by atoms with Crippen LogP contribution in [-0.2, 0) is 14.4 Å². The molecule has 4 aliphatic carbocycles. The van der Waals surface area contributed by atoms with Gasteiger partial charge in [0.15, 0.2) is 5.76 Å². The Balaban J connectivity index is 1.58. The summed E-state index contributed by atoms with van der Waals surface area (Å²) in [4.78, 5) is 37.5. The Morgan fingerprint density at radius 1 is 1.06 bits per heavy atom. The SMILES string of the molecule is CC(=O)[C@@]1(CCCCCCC(=O)O)[C@@H](C)C[C@H]2[C@@H]3CCC4=CC(O)=C(O)C(=O)[C@]4(C)[C@H]3CC[C@@]21C. The van der Waals surface area contributed by atoms with Gasteiger partial charge in [0.25, 0.3) is 0 Å². The smallest absolute Gasteiger partial charge is 0.303 e. The first kappa shape index (κ1) is 26.0. The van der Waals surface area contributed by atoms with Gasteiger partial charge in [-0.2, -0.15) is 0 Å². The molecule has 0 aromatic rings. The number of carboxylic acids is 1. The second-order valence-corrected chi connectivity index (χ2v) is 12.3. The van der Waals surface area contributed by atoms with Gasteiger partial charge in [0.05, 0.1) is 5.41 Å².